The second-order valence-electron chi connectivity index (χ2n) is 9.24. The van der Waals surface area contributed by atoms with E-state index in [0.717, 1.165) is 73.0 Å². The molecule has 3 aromatic rings. The second-order valence-corrected chi connectivity index (χ2v) is 9.24. The number of hydrogen-bond donors (Lipinski definition) is 1. The molecule has 1 atom stereocenters. The summed E-state index contributed by atoms with van der Waals surface area (Å²) in [5, 5.41) is 13.3. The van der Waals surface area contributed by atoms with Gasteiger partial charge in [-0.1, -0.05) is 0 Å². The van der Waals surface area contributed by atoms with E-state index >= 15 is 0 Å². The number of methoxy groups -OCH3 is 1. The number of nitrogens with zero attached hydrogens (tertiary/aromatic N) is 4. The molecule has 8 nitrogen and oxygen atoms in total. The Morgan fingerprint density at radius 1 is 1.39 bits per heavy atom. The van der Waals surface area contributed by atoms with E-state index in [-0.39, 0.29) is 17.9 Å². The lowest BCUT2D eigenvalue weighted by Crippen LogP contribution is -2.31. The standard InChI is InChI=1S/C25H29N5O3/c1-32-9-2-8-27-23(31)12-22-29-21-15-28-20-4-3-17(14-26)11-19(20)24(21)30(22)16-18-5-10-33-25(13-18)6-7-25/h3-4,11,15,18H,2,5-10,12-13,16H2,1H3,(H,27,31)/t18-/m1/s1. The van der Waals surface area contributed by atoms with Crippen molar-refractivity contribution >= 4 is 27.8 Å². The van der Waals surface area contributed by atoms with E-state index in [0.29, 0.717) is 24.6 Å². The van der Waals surface area contributed by atoms with Crippen LogP contribution in [0.4, 0.5) is 0 Å². The number of amides is 1. The van der Waals surface area contributed by atoms with E-state index in [1.54, 1.807) is 19.4 Å². The molecule has 1 saturated carbocycles. The lowest BCUT2D eigenvalue weighted by atomic mass is 9.93. The number of nitriles is 1. The Kier molecular flexibility index (Phi) is 6.00. The van der Waals surface area contributed by atoms with Crippen LogP contribution in [0.15, 0.2) is 24.4 Å². The molecule has 1 aliphatic heterocycles. The van der Waals surface area contributed by atoms with Crippen LogP contribution < -0.4 is 5.32 Å². The summed E-state index contributed by atoms with van der Waals surface area (Å²) in [7, 11) is 1.66. The summed E-state index contributed by atoms with van der Waals surface area (Å²) >= 11 is 0. The van der Waals surface area contributed by atoms with Gasteiger partial charge >= 0.3 is 0 Å². The minimum atomic E-state index is -0.0525. The van der Waals surface area contributed by atoms with Crippen LogP contribution in [0.3, 0.4) is 0 Å². The number of rotatable bonds is 8. The fourth-order valence-corrected chi connectivity index (χ4v) is 4.94. The maximum Gasteiger partial charge on any atom is 0.227 e. The van der Waals surface area contributed by atoms with Gasteiger partial charge in [0.2, 0.25) is 5.91 Å². The van der Waals surface area contributed by atoms with Crippen molar-refractivity contribution in [2.24, 2.45) is 5.92 Å². The first-order valence-corrected chi connectivity index (χ1v) is 11.7. The number of fused-ring (bicyclic) bond motifs is 3. The molecule has 1 aliphatic carbocycles. The van der Waals surface area contributed by atoms with Crippen molar-refractivity contribution in [3.05, 3.63) is 35.8 Å². The smallest absolute Gasteiger partial charge is 0.227 e. The average molecular weight is 448 g/mol. The molecule has 1 spiro atoms. The predicted octanol–water partition coefficient (Wildman–Crippen LogP) is 3.11. The number of ether oxygens (including phenoxy) is 2. The maximum absolute atomic E-state index is 12.7. The summed E-state index contributed by atoms with van der Waals surface area (Å²) in [6, 6.07) is 7.77. The van der Waals surface area contributed by atoms with E-state index in [1.807, 2.05) is 12.1 Å². The number of aromatic nitrogens is 3. The molecule has 0 bridgehead atoms. The molecular formula is C25H29N5O3. The van der Waals surface area contributed by atoms with Gasteiger partial charge in [-0.3, -0.25) is 9.78 Å². The number of carbonyl (C=O) groups excluding carboxylic acids is 1. The maximum atomic E-state index is 12.7. The highest BCUT2D eigenvalue weighted by molar-refractivity contribution is 6.03. The van der Waals surface area contributed by atoms with Crippen molar-refractivity contribution in [1.82, 2.24) is 19.9 Å². The molecule has 1 N–H and O–H groups in total. The Morgan fingerprint density at radius 3 is 3.06 bits per heavy atom. The summed E-state index contributed by atoms with van der Waals surface area (Å²) in [5.74, 6) is 1.15. The van der Waals surface area contributed by atoms with Crippen LogP contribution >= 0.6 is 0 Å². The average Bonchev–Trinajstić information content (AvgIpc) is 3.47. The molecule has 2 aromatic heterocycles. The monoisotopic (exact) mass is 447 g/mol. The van der Waals surface area contributed by atoms with E-state index in [1.165, 1.54) is 0 Å². The summed E-state index contributed by atoms with van der Waals surface area (Å²) in [4.78, 5) is 22.1. The van der Waals surface area contributed by atoms with Gasteiger partial charge in [-0.2, -0.15) is 5.26 Å². The van der Waals surface area contributed by atoms with E-state index in [9.17, 15) is 10.1 Å². The predicted molar refractivity (Wildman–Crippen MR) is 124 cm³/mol. The topological polar surface area (TPSA) is 102 Å². The zero-order valence-electron chi connectivity index (χ0n) is 19.0. The van der Waals surface area contributed by atoms with Gasteiger partial charge in [0.25, 0.3) is 0 Å². The van der Waals surface area contributed by atoms with E-state index in [4.69, 9.17) is 14.5 Å². The quantitative estimate of drug-likeness (QED) is 0.533. The van der Waals surface area contributed by atoms with Gasteiger partial charge in [0.1, 0.15) is 11.3 Å². The normalized spacial score (nSPS) is 19.1. The van der Waals surface area contributed by atoms with Crippen LogP contribution in [0, 0.1) is 17.2 Å². The Morgan fingerprint density at radius 2 is 2.27 bits per heavy atom. The molecule has 8 heteroatoms. The zero-order chi connectivity index (χ0) is 22.8. The van der Waals surface area contributed by atoms with Gasteiger partial charge in [-0.15, -0.1) is 0 Å². The van der Waals surface area contributed by atoms with Crippen LogP contribution in [-0.2, 0) is 27.2 Å². The molecule has 3 heterocycles. The SMILES string of the molecule is COCCCNC(=O)Cc1nc2cnc3ccc(C#N)cc3c2n1C[C@@H]1CCOC2(CC2)C1. The van der Waals surface area contributed by atoms with Crippen molar-refractivity contribution < 1.29 is 14.3 Å². The fraction of sp³-hybridized carbons (Fsp3) is 0.520. The number of carbonyl (C=O) groups is 1. The fourth-order valence-electron chi connectivity index (χ4n) is 4.94. The molecule has 172 valence electrons. The van der Waals surface area contributed by atoms with Gasteiger partial charge < -0.3 is 19.4 Å². The van der Waals surface area contributed by atoms with Crippen molar-refractivity contribution in [3.8, 4) is 6.07 Å². The van der Waals surface area contributed by atoms with Crippen LogP contribution in [0.5, 0.6) is 0 Å². The van der Waals surface area contributed by atoms with E-state index < -0.39 is 0 Å². The lowest BCUT2D eigenvalue weighted by molar-refractivity contribution is -0.120. The van der Waals surface area contributed by atoms with Gasteiger partial charge in [-0.25, -0.2) is 4.98 Å². The number of benzene rings is 1. The molecule has 2 aliphatic rings. The highest BCUT2D eigenvalue weighted by atomic mass is 16.5. The molecular weight excluding hydrogens is 418 g/mol. The Bertz CT molecular complexity index is 1220. The zero-order valence-corrected chi connectivity index (χ0v) is 19.0. The molecule has 1 saturated heterocycles. The number of imidazole rings is 1. The molecule has 5 rings (SSSR count). The molecule has 0 unspecified atom stereocenters. The summed E-state index contributed by atoms with van der Waals surface area (Å²) in [6.45, 7) is 2.76. The van der Waals surface area contributed by atoms with E-state index in [2.05, 4.69) is 20.9 Å². The molecule has 33 heavy (non-hydrogen) atoms. The molecule has 0 radical (unpaired) electrons. The third-order valence-corrected chi connectivity index (χ3v) is 6.79. The number of hydrogen-bond acceptors (Lipinski definition) is 6. The first-order valence-electron chi connectivity index (χ1n) is 11.7. The van der Waals surface area contributed by atoms with Gasteiger partial charge in [0.05, 0.1) is 40.9 Å². The Labute approximate surface area is 192 Å². The van der Waals surface area contributed by atoms with Crippen molar-refractivity contribution in [2.75, 3.05) is 26.9 Å². The van der Waals surface area contributed by atoms with Crippen LogP contribution in [0.25, 0.3) is 21.9 Å². The van der Waals surface area contributed by atoms with Gasteiger partial charge in [0.15, 0.2) is 0 Å². The largest absolute Gasteiger partial charge is 0.385 e. The Balaban J connectivity index is 1.51. The summed E-state index contributed by atoms with van der Waals surface area (Å²) < 4.78 is 13.3. The van der Waals surface area contributed by atoms with Crippen molar-refractivity contribution in [2.45, 2.75) is 50.7 Å². The number of pyridine rings is 1. The van der Waals surface area contributed by atoms with Crippen molar-refractivity contribution in [3.63, 3.8) is 0 Å². The molecule has 1 amide bonds. The van der Waals surface area contributed by atoms with Gasteiger partial charge in [-0.05, 0) is 56.2 Å². The highest BCUT2D eigenvalue weighted by Crippen LogP contribution is 2.48. The first-order chi connectivity index (χ1) is 16.1. The van der Waals surface area contributed by atoms with Crippen molar-refractivity contribution in [1.29, 1.82) is 5.26 Å². The minimum absolute atomic E-state index is 0.0525. The third-order valence-electron chi connectivity index (χ3n) is 6.79. The highest BCUT2D eigenvalue weighted by Gasteiger charge is 2.47. The van der Waals surface area contributed by atoms with Crippen LogP contribution in [-0.4, -0.2) is 52.9 Å². The van der Waals surface area contributed by atoms with Gasteiger partial charge in [0, 0.05) is 38.8 Å². The Hall–Kier alpha value is -3.02. The summed E-state index contributed by atoms with van der Waals surface area (Å²) in [6.07, 6.45) is 7.07. The third kappa shape index (κ3) is 4.56. The molecule has 2 fully saturated rings. The lowest BCUT2D eigenvalue weighted by Gasteiger charge is -2.30. The summed E-state index contributed by atoms with van der Waals surface area (Å²) in [5.41, 5.74) is 3.20. The van der Waals surface area contributed by atoms with Crippen LogP contribution in [0.2, 0.25) is 0 Å². The second kappa shape index (κ2) is 9.08. The van der Waals surface area contributed by atoms with Crippen LogP contribution in [0.1, 0.15) is 43.5 Å². The first kappa shape index (κ1) is 21.8. The molecule has 1 aromatic carbocycles. The minimum Gasteiger partial charge on any atom is -0.385 e. The number of nitrogens with one attached hydrogen (secondary N) is 1.